The van der Waals surface area contributed by atoms with Crippen LogP contribution >= 0.6 is 0 Å². The lowest BCUT2D eigenvalue weighted by Gasteiger charge is -2.44. The van der Waals surface area contributed by atoms with E-state index in [1.165, 1.54) is 4.90 Å². The molecule has 0 fully saturated rings. The van der Waals surface area contributed by atoms with Gasteiger partial charge in [-0.05, 0) is 72.9 Å². The van der Waals surface area contributed by atoms with E-state index in [-0.39, 0.29) is 19.6 Å². The van der Waals surface area contributed by atoms with Gasteiger partial charge in [0.25, 0.3) is 0 Å². The molecular formula is C27H43N3O6. The number of ether oxygens (including phenoxy) is 2. The quantitative estimate of drug-likeness (QED) is 0.439. The first-order chi connectivity index (χ1) is 16.6. The third-order valence-corrected chi connectivity index (χ3v) is 5.78. The smallest absolute Gasteiger partial charge is 0.408 e. The van der Waals surface area contributed by atoms with Crippen LogP contribution < -0.4 is 10.6 Å². The second-order valence-corrected chi connectivity index (χ2v) is 10.3. The highest BCUT2D eigenvalue weighted by Crippen LogP contribution is 2.33. The summed E-state index contributed by atoms with van der Waals surface area (Å²) in [7, 11) is 0. The molecule has 2 atom stereocenters. The number of benzene rings is 1. The SMILES string of the molecule is CCOC(=O)CCNC(=O)C(c1ccccc1C)N(C(=O)C(C)NC(=O)OC(C)(C)C)C(C)(C)CC. The fourth-order valence-electron chi connectivity index (χ4n) is 3.61. The predicted octanol–water partition coefficient (Wildman–Crippen LogP) is 4.04. The van der Waals surface area contributed by atoms with E-state index in [1.54, 1.807) is 34.6 Å². The maximum absolute atomic E-state index is 13.8. The molecule has 2 unspecified atom stereocenters. The standard InChI is InChI=1S/C27H43N3O6/c1-10-27(8,9)30(24(33)19(4)29-25(34)36-26(5,6)7)22(20-15-13-12-14-18(20)3)23(32)28-17-16-21(31)35-11-2/h12-15,19,22H,10-11,16-17H2,1-9H3,(H,28,32)(H,29,34). The van der Waals surface area contributed by atoms with Crippen LogP contribution in [-0.2, 0) is 23.9 Å². The Bertz CT molecular complexity index is 922. The molecule has 36 heavy (non-hydrogen) atoms. The van der Waals surface area contributed by atoms with Crippen LogP contribution in [0.3, 0.4) is 0 Å². The van der Waals surface area contributed by atoms with E-state index in [4.69, 9.17) is 9.47 Å². The summed E-state index contributed by atoms with van der Waals surface area (Å²) in [6.45, 7) is 16.4. The number of aryl methyl sites for hydroxylation is 1. The van der Waals surface area contributed by atoms with Gasteiger partial charge in [0.1, 0.15) is 17.7 Å². The first-order valence-electron chi connectivity index (χ1n) is 12.5. The molecule has 0 bridgehead atoms. The summed E-state index contributed by atoms with van der Waals surface area (Å²) in [5.74, 6) is -1.27. The van der Waals surface area contributed by atoms with Gasteiger partial charge in [0, 0.05) is 12.1 Å². The van der Waals surface area contributed by atoms with Crippen molar-refractivity contribution in [2.45, 2.75) is 98.4 Å². The van der Waals surface area contributed by atoms with Crippen molar-refractivity contribution in [3.05, 3.63) is 35.4 Å². The molecule has 9 heteroatoms. The molecule has 0 saturated heterocycles. The van der Waals surface area contributed by atoms with Crippen molar-refractivity contribution >= 4 is 23.9 Å². The average molecular weight is 506 g/mol. The molecule has 0 spiro atoms. The molecule has 0 saturated carbocycles. The van der Waals surface area contributed by atoms with Gasteiger partial charge in [-0.1, -0.05) is 31.2 Å². The summed E-state index contributed by atoms with van der Waals surface area (Å²) in [5, 5.41) is 5.39. The van der Waals surface area contributed by atoms with Gasteiger partial charge >= 0.3 is 12.1 Å². The van der Waals surface area contributed by atoms with Crippen LogP contribution in [0.4, 0.5) is 4.79 Å². The maximum Gasteiger partial charge on any atom is 0.408 e. The van der Waals surface area contributed by atoms with E-state index >= 15 is 0 Å². The van der Waals surface area contributed by atoms with Crippen molar-refractivity contribution in [1.82, 2.24) is 15.5 Å². The van der Waals surface area contributed by atoms with Gasteiger partial charge in [-0.25, -0.2) is 4.79 Å². The number of carbonyl (C=O) groups excluding carboxylic acids is 4. The zero-order valence-electron chi connectivity index (χ0n) is 23.2. The van der Waals surface area contributed by atoms with Crippen molar-refractivity contribution in [3.8, 4) is 0 Å². The fraction of sp³-hybridized carbons (Fsp3) is 0.630. The molecule has 2 N–H and O–H groups in total. The lowest BCUT2D eigenvalue weighted by molar-refractivity contribution is -0.149. The molecule has 0 aliphatic carbocycles. The van der Waals surface area contributed by atoms with Crippen LogP contribution in [0, 0.1) is 6.92 Å². The third kappa shape index (κ3) is 9.17. The van der Waals surface area contributed by atoms with Gasteiger partial charge in [0.2, 0.25) is 11.8 Å². The van der Waals surface area contributed by atoms with Crippen molar-refractivity contribution in [3.63, 3.8) is 0 Å². The van der Waals surface area contributed by atoms with Crippen LogP contribution in [0.2, 0.25) is 0 Å². The lowest BCUT2D eigenvalue weighted by Crippen LogP contribution is -2.58. The predicted molar refractivity (Wildman–Crippen MR) is 138 cm³/mol. The number of rotatable bonds is 11. The first kappa shape index (κ1) is 30.9. The van der Waals surface area contributed by atoms with E-state index in [0.717, 1.165) is 5.56 Å². The van der Waals surface area contributed by atoms with Gasteiger partial charge in [0.05, 0.1) is 13.0 Å². The summed E-state index contributed by atoms with van der Waals surface area (Å²) in [6, 6.07) is 5.41. The number of nitrogens with zero attached hydrogens (tertiary/aromatic N) is 1. The van der Waals surface area contributed by atoms with Crippen molar-refractivity contribution < 1.29 is 28.7 Å². The van der Waals surface area contributed by atoms with E-state index < -0.39 is 47.1 Å². The molecule has 1 rings (SSSR count). The van der Waals surface area contributed by atoms with Crippen LogP contribution in [0.1, 0.15) is 85.4 Å². The highest BCUT2D eigenvalue weighted by atomic mass is 16.6. The summed E-state index contributed by atoms with van der Waals surface area (Å²) >= 11 is 0. The van der Waals surface area contributed by atoms with Crippen LogP contribution in [-0.4, -0.2) is 59.1 Å². The Balaban J connectivity index is 3.39. The lowest BCUT2D eigenvalue weighted by atomic mass is 9.90. The second kappa shape index (κ2) is 13.3. The minimum absolute atomic E-state index is 0.0157. The number of alkyl carbamates (subject to hydrolysis) is 1. The zero-order chi connectivity index (χ0) is 27.7. The Morgan fingerprint density at radius 3 is 2.17 bits per heavy atom. The summed E-state index contributed by atoms with van der Waals surface area (Å²) in [6.07, 6.45) is -0.151. The average Bonchev–Trinajstić information content (AvgIpc) is 2.76. The Morgan fingerprint density at radius 1 is 1.03 bits per heavy atom. The number of esters is 1. The van der Waals surface area contributed by atoms with E-state index in [0.29, 0.717) is 12.0 Å². The molecule has 0 aromatic heterocycles. The largest absolute Gasteiger partial charge is 0.466 e. The van der Waals surface area contributed by atoms with Gasteiger partial charge < -0.3 is 25.0 Å². The van der Waals surface area contributed by atoms with Crippen LogP contribution in [0.25, 0.3) is 0 Å². The Labute approximate surface area is 215 Å². The number of hydrogen-bond donors (Lipinski definition) is 2. The minimum Gasteiger partial charge on any atom is -0.466 e. The van der Waals surface area contributed by atoms with Crippen molar-refractivity contribution in [2.24, 2.45) is 0 Å². The van der Waals surface area contributed by atoms with E-state index in [1.807, 2.05) is 52.0 Å². The Morgan fingerprint density at radius 2 is 1.64 bits per heavy atom. The van der Waals surface area contributed by atoms with Gasteiger partial charge in [-0.2, -0.15) is 0 Å². The monoisotopic (exact) mass is 505 g/mol. The van der Waals surface area contributed by atoms with Crippen LogP contribution in [0.15, 0.2) is 24.3 Å². The van der Waals surface area contributed by atoms with Gasteiger partial charge in [-0.3, -0.25) is 14.4 Å². The molecule has 0 radical (unpaired) electrons. The van der Waals surface area contributed by atoms with Crippen molar-refractivity contribution in [2.75, 3.05) is 13.2 Å². The summed E-state index contributed by atoms with van der Waals surface area (Å²) in [5.41, 5.74) is 0.0235. The number of hydrogen-bond acceptors (Lipinski definition) is 6. The van der Waals surface area contributed by atoms with Crippen LogP contribution in [0.5, 0.6) is 0 Å². The molecule has 1 aromatic rings. The van der Waals surface area contributed by atoms with Gasteiger partial charge in [-0.15, -0.1) is 0 Å². The van der Waals surface area contributed by atoms with Gasteiger partial charge in [0.15, 0.2) is 0 Å². The van der Waals surface area contributed by atoms with E-state index in [9.17, 15) is 19.2 Å². The number of carbonyl (C=O) groups is 4. The third-order valence-electron chi connectivity index (χ3n) is 5.78. The fourth-order valence-corrected chi connectivity index (χ4v) is 3.61. The molecule has 9 nitrogen and oxygen atoms in total. The minimum atomic E-state index is -0.987. The molecule has 0 heterocycles. The molecule has 0 aliphatic rings. The molecule has 3 amide bonds. The maximum atomic E-state index is 13.8. The zero-order valence-corrected chi connectivity index (χ0v) is 23.2. The second-order valence-electron chi connectivity index (χ2n) is 10.3. The summed E-state index contributed by atoms with van der Waals surface area (Å²) in [4.78, 5) is 53.1. The highest BCUT2D eigenvalue weighted by Gasteiger charge is 2.42. The topological polar surface area (TPSA) is 114 Å². The number of nitrogens with one attached hydrogen (secondary N) is 2. The Hall–Kier alpha value is -3.10. The molecular weight excluding hydrogens is 462 g/mol. The molecule has 202 valence electrons. The Kier molecular flexibility index (Phi) is 11.4. The summed E-state index contributed by atoms with van der Waals surface area (Å²) < 4.78 is 10.3. The molecule has 1 aromatic carbocycles. The first-order valence-corrected chi connectivity index (χ1v) is 12.5. The normalized spacial score (nSPS) is 13.2. The number of amides is 3. The molecule has 0 aliphatic heterocycles. The van der Waals surface area contributed by atoms with Crippen molar-refractivity contribution in [1.29, 1.82) is 0 Å². The highest BCUT2D eigenvalue weighted by molar-refractivity contribution is 5.92. The van der Waals surface area contributed by atoms with E-state index in [2.05, 4.69) is 10.6 Å².